The fourth-order valence-corrected chi connectivity index (χ4v) is 4.69. The van der Waals surface area contributed by atoms with E-state index in [0.29, 0.717) is 22.7 Å². The average molecular weight is 351 g/mol. The predicted octanol–water partition coefficient (Wildman–Crippen LogP) is 2.72. The second-order valence-electron chi connectivity index (χ2n) is 7.93. The van der Waals surface area contributed by atoms with Crippen molar-refractivity contribution in [3.05, 3.63) is 16.4 Å². The Balaban J connectivity index is 1.50. The van der Waals surface area contributed by atoms with Crippen LogP contribution in [0.2, 0.25) is 5.02 Å². The first-order valence-corrected chi connectivity index (χ1v) is 9.63. The van der Waals surface area contributed by atoms with Gasteiger partial charge in [-0.3, -0.25) is 14.4 Å². The molecule has 1 aromatic rings. The van der Waals surface area contributed by atoms with Gasteiger partial charge in [0, 0.05) is 39.3 Å². The molecule has 1 aromatic heterocycles. The molecule has 0 spiro atoms. The predicted molar refractivity (Wildman–Crippen MR) is 94.3 cm³/mol. The Morgan fingerprint density at radius 1 is 1.21 bits per heavy atom. The summed E-state index contributed by atoms with van der Waals surface area (Å²) in [4.78, 5) is 17.7. The van der Waals surface area contributed by atoms with Crippen molar-refractivity contribution in [2.75, 3.05) is 26.2 Å². The van der Waals surface area contributed by atoms with Gasteiger partial charge in [0.05, 0.1) is 10.7 Å². The minimum absolute atomic E-state index is 0.00564. The molecule has 4 fully saturated rings. The maximum absolute atomic E-state index is 13.0. The quantitative estimate of drug-likeness (QED) is 0.841. The van der Waals surface area contributed by atoms with Crippen molar-refractivity contribution in [1.82, 2.24) is 19.6 Å². The third-order valence-corrected chi connectivity index (χ3v) is 6.75. The number of fused-ring (bicyclic) bond motifs is 4. The highest BCUT2D eigenvalue weighted by Gasteiger charge is 2.38. The molecule has 1 saturated carbocycles. The summed E-state index contributed by atoms with van der Waals surface area (Å²) < 4.78 is 1.70. The van der Waals surface area contributed by atoms with Crippen LogP contribution in [-0.4, -0.2) is 57.7 Å². The van der Waals surface area contributed by atoms with Crippen LogP contribution in [0.15, 0.2) is 0 Å². The zero-order valence-electron chi connectivity index (χ0n) is 14.7. The van der Waals surface area contributed by atoms with E-state index in [9.17, 15) is 4.79 Å². The lowest BCUT2D eigenvalue weighted by molar-refractivity contribution is 0.0711. The van der Waals surface area contributed by atoms with Gasteiger partial charge in [0.2, 0.25) is 0 Å². The van der Waals surface area contributed by atoms with E-state index in [1.807, 2.05) is 18.9 Å². The molecule has 2 atom stereocenters. The average Bonchev–Trinajstić information content (AvgIpc) is 2.75. The molecule has 1 aliphatic carbocycles. The van der Waals surface area contributed by atoms with E-state index >= 15 is 0 Å². The molecule has 4 heterocycles. The van der Waals surface area contributed by atoms with Crippen LogP contribution in [0.25, 0.3) is 0 Å². The fraction of sp³-hybridized carbons (Fsp3) is 0.778. The topological polar surface area (TPSA) is 41.4 Å². The molecule has 0 aromatic carbocycles. The Kier molecular flexibility index (Phi) is 4.33. The van der Waals surface area contributed by atoms with Crippen molar-refractivity contribution in [2.24, 2.45) is 18.9 Å². The van der Waals surface area contributed by atoms with Gasteiger partial charge in [0.1, 0.15) is 0 Å². The van der Waals surface area contributed by atoms with Crippen LogP contribution < -0.4 is 0 Å². The highest BCUT2D eigenvalue weighted by atomic mass is 35.5. The Morgan fingerprint density at radius 3 is 2.62 bits per heavy atom. The molecule has 2 bridgehead atoms. The summed E-state index contributed by atoms with van der Waals surface area (Å²) in [7, 11) is 1.84. The van der Waals surface area contributed by atoms with Crippen molar-refractivity contribution >= 4 is 17.5 Å². The number of amides is 1. The van der Waals surface area contributed by atoms with Gasteiger partial charge < -0.3 is 4.90 Å². The van der Waals surface area contributed by atoms with Gasteiger partial charge in [-0.05, 0) is 44.4 Å². The number of nitrogens with zero attached hydrogens (tertiary/aromatic N) is 4. The van der Waals surface area contributed by atoms with Crippen LogP contribution in [0.1, 0.15) is 48.3 Å². The molecule has 0 radical (unpaired) electrons. The number of aryl methyl sites for hydroxylation is 1. The van der Waals surface area contributed by atoms with Crippen molar-refractivity contribution in [3.8, 4) is 0 Å². The lowest BCUT2D eigenvalue weighted by atomic mass is 9.83. The third-order valence-electron chi connectivity index (χ3n) is 6.30. The van der Waals surface area contributed by atoms with Crippen LogP contribution in [0, 0.1) is 18.8 Å². The molecule has 6 heteroatoms. The van der Waals surface area contributed by atoms with Crippen LogP contribution in [-0.2, 0) is 7.05 Å². The highest BCUT2D eigenvalue weighted by molar-refractivity contribution is 6.34. The van der Waals surface area contributed by atoms with Crippen molar-refractivity contribution in [1.29, 1.82) is 0 Å². The Morgan fingerprint density at radius 2 is 2.00 bits per heavy atom. The number of piperidine rings is 1. The Labute approximate surface area is 148 Å². The molecule has 3 saturated heterocycles. The first-order valence-electron chi connectivity index (χ1n) is 9.25. The second kappa shape index (κ2) is 6.34. The van der Waals surface area contributed by atoms with Gasteiger partial charge in [-0.25, -0.2) is 0 Å². The lowest BCUT2D eigenvalue weighted by Gasteiger charge is -2.40. The first-order chi connectivity index (χ1) is 11.5. The van der Waals surface area contributed by atoms with E-state index in [0.717, 1.165) is 31.2 Å². The van der Waals surface area contributed by atoms with Gasteiger partial charge in [-0.2, -0.15) is 5.10 Å². The molecule has 1 amide bonds. The van der Waals surface area contributed by atoms with Gasteiger partial charge in [-0.15, -0.1) is 0 Å². The van der Waals surface area contributed by atoms with E-state index in [2.05, 4.69) is 10.00 Å². The maximum Gasteiger partial charge on any atom is 0.275 e. The maximum atomic E-state index is 13.0. The molecule has 5 rings (SSSR count). The van der Waals surface area contributed by atoms with Crippen molar-refractivity contribution in [2.45, 2.75) is 45.1 Å². The second-order valence-corrected chi connectivity index (χ2v) is 8.31. The number of hydrogen-bond donors (Lipinski definition) is 0. The highest BCUT2D eigenvalue weighted by Crippen LogP contribution is 2.34. The smallest absolute Gasteiger partial charge is 0.275 e. The minimum Gasteiger partial charge on any atom is -0.335 e. The normalized spacial score (nSPS) is 28.0. The first kappa shape index (κ1) is 16.4. The fourth-order valence-electron chi connectivity index (χ4n) is 4.44. The number of hydrogen-bond acceptors (Lipinski definition) is 3. The molecular weight excluding hydrogens is 324 g/mol. The van der Waals surface area contributed by atoms with Gasteiger partial charge in [0.25, 0.3) is 5.91 Å². The molecule has 0 unspecified atom stereocenters. The molecule has 4 aliphatic rings. The molecule has 24 heavy (non-hydrogen) atoms. The molecule has 132 valence electrons. The largest absolute Gasteiger partial charge is 0.335 e. The van der Waals surface area contributed by atoms with Gasteiger partial charge >= 0.3 is 0 Å². The summed E-state index contributed by atoms with van der Waals surface area (Å²) in [5.41, 5.74) is 1.27. The van der Waals surface area contributed by atoms with E-state index in [4.69, 9.17) is 11.6 Å². The van der Waals surface area contributed by atoms with Crippen LogP contribution in [0.4, 0.5) is 0 Å². The Bertz CT molecular complexity index is 639. The number of carbonyl (C=O) groups is 1. The van der Waals surface area contributed by atoms with Crippen LogP contribution in [0.3, 0.4) is 0 Å². The summed E-state index contributed by atoms with van der Waals surface area (Å²) in [5, 5.41) is 4.86. The molecule has 0 N–H and O–H groups in total. The van der Waals surface area contributed by atoms with E-state index in [1.54, 1.807) is 4.68 Å². The number of aromatic nitrogens is 2. The van der Waals surface area contributed by atoms with Gasteiger partial charge in [0.15, 0.2) is 5.69 Å². The van der Waals surface area contributed by atoms with E-state index < -0.39 is 0 Å². The summed E-state index contributed by atoms with van der Waals surface area (Å²) in [6, 6.07) is 0.511. The summed E-state index contributed by atoms with van der Waals surface area (Å²) >= 11 is 6.34. The molecule has 3 aliphatic heterocycles. The molecule has 5 nitrogen and oxygen atoms in total. The van der Waals surface area contributed by atoms with Crippen LogP contribution >= 0.6 is 11.6 Å². The van der Waals surface area contributed by atoms with Crippen molar-refractivity contribution in [3.63, 3.8) is 0 Å². The summed E-state index contributed by atoms with van der Waals surface area (Å²) in [6.07, 6.45) is 6.63. The zero-order chi connectivity index (χ0) is 16.8. The summed E-state index contributed by atoms with van der Waals surface area (Å²) in [6.45, 7) is 5.96. The Hall–Kier alpha value is -1.07. The minimum atomic E-state index is 0.00564. The zero-order valence-corrected chi connectivity index (χ0v) is 15.4. The standard InChI is InChI=1S/C18H27ClN4O/c1-12-16(19)17(20-21(12)2)18(24)23-10-14-6-7-15(11-23)22(9-14)8-13-4-3-5-13/h13-15H,3-11H2,1-2H3/t14-,15-/m0/s1. The summed E-state index contributed by atoms with van der Waals surface area (Å²) in [5.74, 6) is 1.49. The SMILES string of the molecule is Cc1c(Cl)c(C(=O)N2C[C@H]3CC[C@@H](C2)N(CC2CCC2)C3)nn1C. The van der Waals surface area contributed by atoms with Crippen LogP contribution in [0.5, 0.6) is 0 Å². The number of carbonyl (C=O) groups excluding carboxylic acids is 1. The monoisotopic (exact) mass is 350 g/mol. The van der Waals surface area contributed by atoms with E-state index in [-0.39, 0.29) is 5.91 Å². The molecular formula is C18H27ClN4O. The van der Waals surface area contributed by atoms with Gasteiger partial charge in [-0.1, -0.05) is 18.0 Å². The number of rotatable bonds is 3. The number of halogens is 1. The van der Waals surface area contributed by atoms with E-state index in [1.165, 1.54) is 38.6 Å². The van der Waals surface area contributed by atoms with Crippen molar-refractivity contribution < 1.29 is 4.79 Å². The third kappa shape index (κ3) is 2.86. The lowest BCUT2D eigenvalue weighted by Crippen LogP contribution is -2.47.